The minimum atomic E-state index is 0. The quantitative estimate of drug-likeness (QED) is 0.274. The van der Waals surface area contributed by atoms with Crippen molar-refractivity contribution in [3.63, 3.8) is 0 Å². The maximum atomic E-state index is 7.00. The Bertz CT molecular complexity index is 13.6. The average molecular weight is 163 g/mol. The second-order valence-corrected chi connectivity index (χ2v) is 0. The Morgan fingerprint density at radius 2 is 0.500 bits per heavy atom. The fraction of sp³-hybridized carbons (Fsp3) is 1.00. The van der Waals surface area contributed by atoms with Crippen LogP contribution >= 0.6 is 0 Å². The van der Waals surface area contributed by atoms with E-state index in [1.807, 2.05) is 0 Å². The second kappa shape index (κ2) is 9160. The maximum absolute atomic E-state index is 7.00. The van der Waals surface area contributed by atoms with Crippen molar-refractivity contribution in [2.75, 3.05) is 28.4 Å². The van der Waals surface area contributed by atoms with Gasteiger partial charge < -0.3 is 32.1 Å². The van der Waals surface area contributed by atoms with Crippen LogP contribution in [-0.2, 0) is 0 Å². The smallest absolute Gasteiger partial charge is 0.0319 e. The van der Waals surface area contributed by atoms with Crippen molar-refractivity contribution < 1.29 is 25.9 Å². The van der Waals surface area contributed by atoms with Crippen LogP contribution in [0.15, 0.2) is 0 Å². The van der Waals surface area contributed by atoms with E-state index in [1.54, 1.807) is 0 Å². The lowest BCUT2D eigenvalue weighted by Crippen LogP contribution is -1.25. The molecule has 0 radical (unpaired) electrons. The summed E-state index contributed by atoms with van der Waals surface area (Å²) >= 11 is 0. The highest BCUT2D eigenvalue weighted by molar-refractivity contribution is 3.18. The van der Waals surface area contributed by atoms with Crippen LogP contribution in [0.2, 0.25) is 0 Å². The zero-order chi connectivity index (χ0) is 8.00. The Hall–Kier alpha value is -0.240. The zero-order valence-corrected chi connectivity index (χ0v) is 7.00. The highest BCUT2D eigenvalue weighted by Gasteiger charge is 0.845. The van der Waals surface area contributed by atoms with Crippen molar-refractivity contribution >= 4 is 0 Å². The van der Waals surface area contributed by atoms with E-state index < -0.39 is 0 Å². The molecule has 0 fully saturated rings. The van der Waals surface area contributed by atoms with Crippen LogP contribution in [0.1, 0.15) is 0 Å². The van der Waals surface area contributed by atoms with E-state index in [0.717, 1.165) is 28.4 Å². The monoisotopic (exact) mass is 163 g/mol. The molecule has 0 aromatic carbocycles. The van der Waals surface area contributed by atoms with Crippen LogP contribution in [0.25, 0.3) is 0 Å². The van der Waals surface area contributed by atoms with E-state index >= 15 is 0 Å². The summed E-state index contributed by atoms with van der Waals surface area (Å²) in [6.07, 6.45) is 0. The molecule has 10 heavy (non-hydrogen) atoms. The van der Waals surface area contributed by atoms with Crippen LogP contribution in [0, 0.1) is 0 Å². The van der Waals surface area contributed by atoms with Crippen LogP contribution < -0.4 is 6.15 Å². The lowest BCUT2D eigenvalue weighted by atomic mass is 11.8. The normalized spacial score (nSPS) is 2.40. The maximum Gasteiger partial charge on any atom is 0.0319 e. The van der Waals surface area contributed by atoms with Gasteiger partial charge in [0.05, 0.1) is 0 Å². The summed E-state index contributed by atoms with van der Waals surface area (Å²) in [6.45, 7) is 0. The molecule has 72 valence electrons. The van der Waals surface area contributed by atoms with Gasteiger partial charge in [0.1, 0.15) is 0 Å². The van der Waals surface area contributed by atoms with Crippen molar-refractivity contribution in [2.24, 2.45) is 0 Å². The van der Waals surface area contributed by atoms with Gasteiger partial charge in [-0.1, -0.05) is 0 Å². The van der Waals surface area contributed by atoms with E-state index in [1.165, 1.54) is 0 Å². The third kappa shape index (κ3) is 6160. The Morgan fingerprint density at radius 1 is 0.500 bits per heavy atom. The first-order valence-corrected chi connectivity index (χ1v) is 1.79. The lowest BCUT2D eigenvalue weighted by Gasteiger charge is -1.21. The van der Waals surface area contributed by atoms with Crippen LogP contribution in [0.5, 0.6) is 0 Å². The van der Waals surface area contributed by atoms with Gasteiger partial charge in [0.25, 0.3) is 0 Å². The number of rotatable bonds is 0. The fourth-order valence-electron chi connectivity index (χ4n) is 0. The highest BCUT2D eigenvalue weighted by Crippen LogP contribution is 0.761. The van der Waals surface area contributed by atoms with Gasteiger partial charge in [-0.05, 0) is 0 Å². The Morgan fingerprint density at radius 3 is 0.500 bits per heavy atom. The number of hydrogen-bond donors (Lipinski definition) is 5. The summed E-state index contributed by atoms with van der Waals surface area (Å²) in [4.78, 5) is 0. The number of aliphatic hydroxyl groups is 4. The van der Waals surface area contributed by atoms with Crippen molar-refractivity contribution in [3.05, 3.63) is 0 Å². The first kappa shape index (κ1) is 53.0. The molecule has 0 aromatic rings. The third-order valence-corrected chi connectivity index (χ3v) is 0. The van der Waals surface area contributed by atoms with E-state index in [0.29, 0.717) is 0 Å². The molecule has 0 rings (SSSR count). The first-order valence-electron chi connectivity index (χ1n) is 1.79. The minimum absolute atomic E-state index is 0. The number of aliphatic hydroxyl groups excluding tert-OH is 4. The van der Waals surface area contributed by atoms with E-state index in [4.69, 9.17) is 20.4 Å². The molecule has 0 bridgehead atoms. The summed E-state index contributed by atoms with van der Waals surface area (Å²) in [7, 11) is 4.00. The molecule has 0 heterocycles. The summed E-state index contributed by atoms with van der Waals surface area (Å²) in [5.74, 6) is 0. The van der Waals surface area contributed by atoms with E-state index in [-0.39, 0.29) is 11.6 Å². The van der Waals surface area contributed by atoms with Crippen molar-refractivity contribution in [1.29, 1.82) is 0 Å². The molecule has 0 aromatic heterocycles. The Labute approximate surface area is 61.6 Å². The number of hydrogen-bond acceptors (Lipinski definition) is 5. The largest absolute Gasteiger partial charge is 0.412 e. The third-order valence-electron chi connectivity index (χ3n) is 0. The van der Waals surface area contributed by atoms with Crippen molar-refractivity contribution in [2.45, 2.75) is 0 Å². The highest BCUT2D eigenvalue weighted by atomic mass is 16.2. The SMILES string of the molecule is CO.CO.CO.CO.N.O. The predicted molar refractivity (Wildman–Crippen MR) is 41.2 cm³/mol. The Kier molecular flexibility index (Phi) is 48500. The molecule has 0 spiro atoms. The van der Waals surface area contributed by atoms with Crippen LogP contribution in [0.4, 0.5) is 0 Å². The molecular weight excluding hydrogens is 142 g/mol. The van der Waals surface area contributed by atoms with Crippen LogP contribution in [-0.4, -0.2) is 54.3 Å². The standard InChI is InChI=1S/4CH4O.H3N.H2O/c4*1-2;;/h4*2H,1H3;1H3;1H2. The molecule has 9 N–H and O–H groups in total. The van der Waals surface area contributed by atoms with Gasteiger partial charge in [0.2, 0.25) is 0 Å². The molecule has 0 unspecified atom stereocenters. The summed E-state index contributed by atoms with van der Waals surface area (Å²) in [5, 5.41) is 28.0. The van der Waals surface area contributed by atoms with Gasteiger partial charge in [-0.2, -0.15) is 0 Å². The molecule has 0 aliphatic heterocycles. The Balaban J connectivity index is -0.00000000500. The summed E-state index contributed by atoms with van der Waals surface area (Å²) in [5.41, 5.74) is 0. The lowest BCUT2D eigenvalue weighted by molar-refractivity contribution is 0.399. The molecule has 0 aliphatic rings. The zero-order valence-electron chi connectivity index (χ0n) is 7.00. The van der Waals surface area contributed by atoms with Gasteiger partial charge in [0.15, 0.2) is 0 Å². The van der Waals surface area contributed by atoms with Gasteiger partial charge in [-0.3, -0.25) is 0 Å². The molecule has 0 amide bonds. The van der Waals surface area contributed by atoms with Gasteiger partial charge >= 0.3 is 0 Å². The van der Waals surface area contributed by atoms with Crippen molar-refractivity contribution in [1.82, 2.24) is 6.15 Å². The average Bonchev–Trinajstić information content (AvgIpc) is 2.03. The summed E-state index contributed by atoms with van der Waals surface area (Å²) in [6, 6.07) is 0. The molecule has 6 heteroatoms. The molecule has 6 nitrogen and oxygen atoms in total. The van der Waals surface area contributed by atoms with E-state index in [2.05, 4.69) is 0 Å². The predicted octanol–water partition coefficient (Wildman–Crippen LogP) is -2.23. The topological polar surface area (TPSA) is 147 Å². The minimum Gasteiger partial charge on any atom is -0.412 e. The second-order valence-electron chi connectivity index (χ2n) is 0. The van der Waals surface area contributed by atoms with E-state index in [9.17, 15) is 0 Å². The molecule has 0 saturated carbocycles. The first-order chi connectivity index (χ1) is 4.00. The van der Waals surface area contributed by atoms with Gasteiger partial charge in [0, 0.05) is 28.4 Å². The fourth-order valence-corrected chi connectivity index (χ4v) is 0. The van der Waals surface area contributed by atoms with Gasteiger partial charge in [-0.15, -0.1) is 0 Å². The molecule has 0 saturated heterocycles. The molecule has 0 atom stereocenters. The molecule has 0 aliphatic carbocycles. The summed E-state index contributed by atoms with van der Waals surface area (Å²) < 4.78 is 0. The van der Waals surface area contributed by atoms with Crippen LogP contribution in [0.3, 0.4) is 0 Å². The van der Waals surface area contributed by atoms with Gasteiger partial charge in [-0.25, -0.2) is 0 Å². The van der Waals surface area contributed by atoms with Crippen molar-refractivity contribution in [3.8, 4) is 0 Å². The molecular formula is C4H21NO5.